The maximum absolute atomic E-state index is 10.6. The largest absolute Gasteiger partial charge is 0.480 e. The molecule has 3 nitrogen and oxygen atoms in total. The minimum atomic E-state index is -0.917. The normalized spacial score (nSPS) is 19.9. The van der Waals surface area contributed by atoms with Gasteiger partial charge in [-0.1, -0.05) is 24.3 Å². The highest BCUT2D eigenvalue weighted by atomic mass is 35.5. The van der Waals surface area contributed by atoms with Crippen molar-refractivity contribution < 1.29 is 9.90 Å². The molecule has 0 fully saturated rings. The number of benzene rings is 1. The number of carbonyl (C=O) groups is 1. The van der Waals surface area contributed by atoms with E-state index in [0.717, 1.165) is 12.0 Å². The third-order valence-corrected chi connectivity index (χ3v) is 2.61. The molecule has 1 aliphatic carbocycles. The fourth-order valence-electron chi connectivity index (χ4n) is 1.79. The van der Waals surface area contributed by atoms with Gasteiger partial charge in [0.1, 0.15) is 6.04 Å². The van der Waals surface area contributed by atoms with Crippen LogP contribution in [0, 0.1) is 0 Å². The number of fused-ring (bicyclic) bond motifs is 1. The van der Waals surface area contributed by atoms with Gasteiger partial charge in [-0.25, -0.2) is 0 Å². The Labute approximate surface area is 88.3 Å². The van der Waals surface area contributed by atoms with E-state index in [4.69, 9.17) is 10.8 Å². The van der Waals surface area contributed by atoms with Gasteiger partial charge in [0, 0.05) is 5.92 Å². The molecule has 0 radical (unpaired) electrons. The molecule has 1 aliphatic rings. The summed E-state index contributed by atoms with van der Waals surface area (Å²) in [7, 11) is 0. The topological polar surface area (TPSA) is 63.3 Å². The highest BCUT2D eigenvalue weighted by Crippen LogP contribution is 2.36. The van der Waals surface area contributed by atoms with Gasteiger partial charge in [0.25, 0.3) is 0 Å². The predicted molar refractivity (Wildman–Crippen MR) is 55.7 cm³/mol. The van der Waals surface area contributed by atoms with Gasteiger partial charge in [-0.2, -0.15) is 0 Å². The van der Waals surface area contributed by atoms with E-state index in [9.17, 15) is 4.79 Å². The number of nitrogens with two attached hydrogens (primary N) is 1. The van der Waals surface area contributed by atoms with Gasteiger partial charge in [-0.3, -0.25) is 4.79 Å². The van der Waals surface area contributed by atoms with Gasteiger partial charge >= 0.3 is 5.97 Å². The van der Waals surface area contributed by atoms with Crippen molar-refractivity contribution >= 4 is 18.4 Å². The summed E-state index contributed by atoms with van der Waals surface area (Å²) in [6.45, 7) is 0. The molecular formula is C10H12ClNO2. The molecule has 0 saturated carbocycles. The van der Waals surface area contributed by atoms with E-state index in [1.807, 2.05) is 24.3 Å². The van der Waals surface area contributed by atoms with E-state index in [1.165, 1.54) is 5.56 Å². The van der Waals surface area contributed by atoms with Crippen molar-refractivity contribution in [3.05, 3.63) is 35.4 Å². The number of hydrogen-bond acceptors (Lipinski definition) is 2. The van der Waals surface area contributed by atoms with Crippen LogP contribution in [-0.4, -0.2) is 17.1 Å². The smallest absolute Gasteiger partial charge is 0.321 e. The molecule has 76 valence electrons. The second-order valence-electron chi connectivity index (χ2n) is 3.37. The lowest BCUT2D eigenvalue weighted by atomic mass is 9.74. The number of carboxylic acids is 1. The monoisotopic (exact) mass is 213 g/mol. The van der Waals surface area contributed by atoms with Crippen molar-refractivity contribution in [1.82, 2.24) is 0 Å². The van der Waals surface area contributed by atoms with Gasteiger partial charge in [0.2, 0.25) is 0 Å². The molecule has 0 aliphatic heterocycles. The first kappa shape index (κ1) is 11.0. The van der Waals surface area contributed by atoms with E-state index >= 15 is 0 Å². The van der Waals surface area contributed by atoms with Crippen LogP contribution >= 0.6 is 12.4 Å². The Morgan fingerprint density at radius 1 is 1.50 bits per heavy atom. The Hall–Kier alpha value is -1.06. The molecular weight excluding hydrogens is 202 g/mol. The number of aliphatic carboxylic acids is 1. The number of halogens is 1. The first-order valence-corrected chi connectivity index (χ1v) is 4.26. The Balaban J connectivity index is 0.000000980. The zero-order chi connectivity index (χ0) is 9.42. The molecule has 14 heavy (non-hydrogen) atoms. The van der Waals surface area contributed by atoms with Crippen molar-refractivity contribution in [3.63, 3.8) is 0 Å². The van der Waals surface area contributed by atoms with Crippen molar-refractivity contribution in [3.8, 4) is 0 Å². The average Bonchev–Trinajstić information content (AvgIpc) is 2.06. The first-order valence-electron chi connectivity index (χ1n) is 4.26. The fourth-order valence-corrected chi connectivity index (χ4v) is 1.79. The molecule has 2 atom stereocenters. The van der Waals surface area contributed by atoms with Crippen LogP contribution < -0.4 is 5.73 Å². The van der Waals surface area contributed by atoms with E-state index in [1.54, 1.807) is 0 Å². The zero-order valence-electron chi connectivity index (χ0n) is 7.51. The molecule has 0 aromatic heterocycles. The maximum atomic E-state index is 10.6. The Bertz CT molecular complexity index is 354. The molecule has 0 spiro atoms. The van der Waals surface area contributed by atoms with E-state index in [0.29, 0.717) is 0 Å². The van der Waals surface area contributed by atoms with Crippen molar-refractivity contribution in [2.24, 2.45) is 5.73 Å². The number of carboxylic acid groups (broad SMARTS) is 1. The van der Waals surface area contributed by atoms with Crippen molar-refractivity contribution in [2.75, 3.05) is 0 Å². The van der Waals surface area contributed by atoms with Crippen LogP contribution in [0.4, 0.5) is 0 Å². The third kappa shape index (κ3) is 1.61. The van der Waals surface area contributed by atoms with Crippen LogP contribution in [-0.2, 0) is 11.2 Å². The summed E-state index contributed by atoms with van der Waals surface area (Å²) < 4.78 is 0. The highest BCUT2D eigenvalue weighted by Gasteiger charge is 2.34. The van der Waals surface area contributed by atoms with Gasteiger partial charge < -0.3 is 10.8 Å². The van der Waals surface area contributed by atoms with Crippen LogP contribution in [0.5, 0.6) is 0 Å². The molecule has 2 unspecified atom stereocenters. The summed E-state index contributed by atoms with van der Waals surface area (Å²) in [4.78, 5) is 10.6. The van der Waals surface area contributed by atoms with Crippen LogP contribution in [0.15, 0.2) is 24.3 Å². The lowest BCUT2D eigenvalue weighted by molar-refractivity contribution is -0.139. The molecule has 0 bridgehead atoms. The average molecular weight is 214 g/mol. The van der Waals surface area contributed by atoms with Crippen LogP contribution in [0.25, 0.3) is 0 Å². The second-order valence-corrected chi connectivity index (χ2v) is 3.37. The zero-order valence-corrected chi connectivity index (χ0v) is 8.33. The van der Waals surface area contributed by atoms with E-state index in [-0.39, 0.29) is 18.3 Å². The minimum absolute atomic E-state index is 0. The summed E-state index contributed by atoms with van der Waals surface area (Å²) in [5, 5.41) is 8.72. The van der Waals surface area contributed by atoms with E-state index < -0.39 is 12.0 Å². The summed E-state index contributed by atoms with van der Waals surface area (Å²) in [6.07, 6.45) is 0.795. The number of rotatable bonds is 2. The Morgan fingerprint density at radius 3 is 2.71 bits per heavy atom. The molecule has 0 amide bonds. The number of hydrogen-bond donors (Lipinski definition) is 2. The van der Waals surface area contributed by atoms with Crippen molar-refractivity contribution in [1.29, 1.82) is 0 Å². The third-order valence-electron chi connectivity index (χ3n) is 2.61. The van der Waals surface area contributed by atoms with Gasteiger partial charge in [0.05, 0.1) is 0 Å². The molecule has 4 heteroatoms. The van der Waals surface area contributed by atoms with E-state index in [2.05, 4.69) is 0 Å². The lowest BCUT2D eigenvalue weighted by Crippen LogP contribution is -2.41. The Morgan fingerprint density at radius 2 is 2.14 bits per heavy atom. The van der Waals surface area contributed by atoms with Gasteiger partial charge in [0.15, 0.2) is 0 Å². The summed E-state index contributed by atoms with van der Waals surface area (Å²) in [6, 6.07) is 7.09. The minimum Gasteiger partial charge on any atom is -0.480 e. The first-order chi connectivity index (χ1) is 6.20. The lowest BCUT2D eigenvalue weighted by Gasteiger charge is -2.32. The maximum Gasteiger partial charge on any atom is 0.321 e. The van der Waals surface area contributed by atoms with Crippen molar-refractivity contribution in [2.45, 2.75) is 18.4 Å². The molecule has 0 heterocycles. The van der Waals surface area contributed by atoms with Crippen LogP contribution in [0.3, 0.4) is 0 Å². The summed E-state index contributed by atoms with van der Waals surface area (Å²) in [5.74, 6) is -0.909. The molecule has 2 rings (SSSR count). The predicted octanol–water partition coefficient (Wildman–Crippen LogP) is 1.16. The molecule has 1 aromatic carbocycles. The summed E-state index contributed by atoms with van der Waals surface area (Å²) in [5.41, 5.74) is 7.86. The summed E-state index contributed by atoms with van der Waals surface area (Å²) >= 11 is 0. The van der Waals surface area contributed by atoms with Gasteiger partial charge in [-0.05, 0) is 17.5 Å². The standard InChI is InChI=1S/C10H11NO2.ClH/c11-9(10(12)13)8-5-6-3-1-2-4-7(6)8;/h1-4,8-9H,5,11H2,(H,12,13);1H. The Kier molecular flexibility index (Phi) is 3.13. The fraction of sp³-hybridized carbons (Fsp3) is 0.300. The highest BCUT2D eigenvalue weighted by molar-refractivity contribution is 5.85. The molecule has 3 N–H and O–H groups in total. The molecule has 0 saturated heterocycles. The SMILES string of the molecule is Cl.NC(C(=O)O)C1Cc2ccccc21. The quantitative estimate of drug-likeness (QED) is 0.775. The van der Waals surface area contributed by atoms with Crippen LogP contribution in [0.2, 0.25) is 0 Å². The van der Waals surface area contributed by atoms with Gasteiger partial charge in [-0.15, -0.1) is 12.4 Å². The van der Waals surface area contributed by atoms with Crippen LogP contribution in [0.1, 0.15) is 17.0 Å². The molecule has 1 aromatic rings. The second kappa shape index (κ2) is 3.98.